The van der Waals surface area contributed by atoms with Crippen molar-refractivity contribution in [2.24, 2.45) is 0 Å². The van der Waals surface area contributed by atoms with Crippen LogP contribution in [0.5, 0.6) is 0 Å². The van der Waals surface area contributed by atoms with Gasteiger partial charge in [-0.3, -0.25) is 0 Å². The topological polar surface area (TPSA) is 29.1 Å². The van der Waals surface area contributed by atoms with Crippen molar-refractivity contribution >= 4 is 5.78 Å². The Morgan fingerprint density at radius 1 is 1.31 bits per heavy atom. The fourth-order valence-corrected chi connectivity index (χ4v) is 1.34. The van der Waals surface area contributed by atoms with E-state index in [0.717, 1.165) is 12.5 Å². The van der Waals surface area contributed by atoms with Crippen LogP contribution in [-0.2, 0) is 11.3 Å². The molecule has 88 valence electrons. The number of hydrogen-bond acceptors (Lipinski definition) is 2. The lowest BCUT2D eigenvalue weighted by atomic mass is 10.2. The Bertz CT molecular complexity index is 366. The SMILES string of the molecule is CC(=O)CCCNCc1ccc(F)c(F)c1. The number of rotatable bonds is 6. The fourth-order valence-electron chi connectivity index (χ4n) is 1.34. The second-order valence-electron chi connectivity index (χ2n) is 3.73. The van der Waals surface area contributed by atoms with Crippen LogP contribution in [0, 0.1) is 11.6 Å². The third-order valence-corrected chi connectivity index (χ3v) is 2.20. The van der Waals surface area contributed by atoms with Crippen LogP contribution in [0.15, 0.2) is 18.2 Å². The summed E-state index contributed by atoms with van der Waals surface area (Å²) < 4.78 is 25.4. The molecule has 0 aliphatic heterocycles. The molecular weight excluding hydrogens is 212 g/mol. The van der Waals surface area contributed by atoms with E-state index in [0.29, 0.717) is 25.1 Å². The van der Waals surface area contributed by atoms with Gasteiger partial charge >= 0.3 is 0 Å². The van der Waals surface area contributed by atoms with Crippen LogP contribution in [-0.4, -0.2) is 12.3 Å². The third kappa shape index (κ3) is 4.49. The minimum absolute atomic E-state index is 0.162. The number of carbonyl (C=O) groups excluding carboxylic acids is 1. The molecule has 1 rings (SSSR count). The molecule has 0 aromatic heterocycles. The predicted molar refractivity (Wildman–Crippen MR) is 58.0 cm³/mol. The first-order valence-electron chi connectivity index (χ1n) is 5.23. The van der Waals surface area contributed by atoms with Crippen LogP contribution in [0.1, 0.15) is 25.3 Å². The van der Waals surface area contributed by atoms with Crippen molar-refractivity contribution in [3.63, 3.8) is 0 Å². The van der Waals surface area contributed by atoms with Crippen molar-refractivity contribution in [1.29, 1.82) is 0 Å². The second-order valence-corrected chi connectivity index (χ2v) is 3.73. The highest BCUT2D eigenvalue weighted by Gasteiger charge is 2.01. The van der Waals surface area contributed by atoms with E-state index in [4.69, 9.17) is 0 Å². The summed E-state index contributed by atoms with van der Waals surface area (Å²) in [7, 11) is 0. The summed E-state index contributed by atoms with van der Waals surface area (Å²) in [6.07, 6.45) is 1.31. The Labute approximate surface area is 93.7 Å². The second kappa shape index (κ2) is 6.33. The molecule has 0 unspecified atom stereocenters. The van der Waals surface area contributed by atoms with E-state index in [-0.39, 0.29) is 5.78 Å². The molecule has 0 heterocycles. The van der Waals surface area contributed by atoms with Gasteiger partial charge in [0.2, 0.25) is 0 Å². The molecule has 0 saturated carbocycles. The summed E-state index contributed by atoms with van der Waals surface area (Å²) in [6.45, 7) is 2.73. The van der Waals surface area contributed by atoms with Gasteiger partial charge in [-0.05, 0) is 37.6 Å². The molecule has 0 atom stereocenters. The Kier molecular flexibility index (Phi) is 5.05. The van der Waals surface area contributed by atoms with Crippen molar-refractivity contribution in [3.8, 4) is 0 Å². The van der Waals surface area contributed by atoms with Gasteiger partial charge in [0.05, 0.1) is 0 Å². The van der Waals surface area contributed by atoms with Crippen molar-refractivity contribution in [2.75, 3.05) is 6.54 Å². The molecule has 0 bridgehead atoms. The molecule has 0 aliphatic carbocycles. The van der Waals surface area contributed by atoms with Crippen molar-refractivity contribution in [3.05, 3.63) is 35.4 Å². The zero-order valence-corrected chi connectivity index (χ0v) is 9.22. The number of benzene rings is 1. The number of halogens is 2. The maximum absolute atomic E-state index is 12.8. The molecule has 0 aliphatic rings. The molecule has 0 fully saturated rings. The highest BCUT2D eigenvalue weighted by atomic mass is 19.2. The average Bonchev–Trinajstić information content (AvgIpc) is 2.22. The molecule has 16 heavy (non-hydrogen) atoms. The number of Topliss-reactive ketones (excluding diaryl/α,β-unsaturated/α-hetero) is 1. The standard InChI is InChI=1S/C12H15F2NO/c1-9(16)3-2-6-15-8-10-4-5-11(13)12(14)7-10/h4-5,7,15H,2-3,6,8H2,1H3. The molecular formula is C12H15F2NO. The van der Waals surface area contributed by atoms with Gasteiger partial charge in [0.25, 0.3) is 0 Å². The molecule has 1 N–H and O–H groups in total. The van der Waals surface area contributed by atoms with Crippen LogP contribution in [0.3, 0.4) is 0 Å². The maximum Gasteiger partial charge on any atom is 0.159 e. The van der Waals surface area contributed by atoms with Crippen LogP contribution < -0.4 is 5.32 Å². The Balaban J connectivity index is 2.27. The van der Waals surface area contributed by atoms with Gasteiger partial charge in [0.15, 0.2) is 11.6 Å². The smallest absolute Gasteiger partial charge is 0.159 e. The first-order chi connectivity index (χ1) is 7.59. The minimum Gasteiger partial charge on any atom is -0.313 e. The highest BCUT2D eigenvalue weighted by molar-refractivity contribution is 5.75. The van der Waals surface area contributed by atoms with Gasteiger partial charge in [0.1, 0.15) is 5.78 Å². The summed E-state index contributed by atoms with van der Waals surface area (Å²) in [6, 6.07) is 3.83. The largest absolute Gasteiger partial charge is 0.313 e. The van der Waals surface area contributed by atoms with Crippen LogP contribution in [0.4, 0.5) is 8.78 Å². The Morgan fingerprint density at radius 2 is 2.06 bits per heavy atom. The maximum atomic E-state index is 12.8. The van der Waals surface area contributed by atoms with Gasteiger partial charge in [-0.25, -0.2) is 8.78 Å². The Hall–Kier alpha value is -1.29. The molecule has 1 aromatic carbocycles. The first kappa shape index (κ1) is 12.8. The molecule has 0 radical (unpaired) electrons. The predicted octanol–water partition coefficient (Wildman–Crippen LogP) is 2.42. The first-order valence-corrected chi connectivity index (χ1v) is 5.23. The number of hydrogen-bond donors (Lipinski definition) is 1. The van der Waals surface area contributed by atoms with Crippen molar-refractivity contribution in [1.82, 2.24) is 5.32 Å². The van der Waals surface area contributed by atoms with Gasteiger partial charge in [0, 0.05) is 13.0 Å². The van der Waals surface area contributed by atoms with Crippen LogP contribution in [0.2, 0.25) is 0 Å². The van der Waals surface area contributed by atoms with Gasteiger partial charge < -0.3 is 10.1 Å². The lowest BCUT2D eigenvalue weighted by Crippen LogP contribution is -2.15. The molecule has 0 saturated heterocycles. The van der Waals surface area contributed by atoms with E-state index in [1.807, 2.05) is 0 Å². The Morgan fingerprint density at radius 3 is 2.69 bits per heavy atom. The monoisotopic (exact) mass is 227 g/mol. The number of nitrogens with one attached hydrogen (secondary N) is 1. The lowest BCUT2D eigenvalue weighted by Gasteiger charge is -2.04. The van der Waals surface area contributed by atoms with E-state index in [2.05, 4.69) is 5.32 Å². The summed E-state index contributed by atoms with van der Waals surface area (Å²) >= 11 is 0. The molecule has 4 heteroatoms. The number of ketones is 1. The summed E-state index contributed by atoms with van der Waals surface area (Å²) in [5.41, 5.74) is 0.696. The van der Waals surface area contributed by atoms with Crippen molar-refractivity contribution in [2.45, 2.75) is 26.3 Å². The highest BCUT2D eigenvalue weighted by Crippen LogP contribution is 2.08. The van der Waals surface area contributed by atoms with Crippen molar-refractivity contribution < 1.29 is 13.6 Å². The number of carbonyl (C=O) groups is 1. The van der Waals surface area contributed by atoms with E-state index in [9.17, 15) is 13.6 Å². The van der Waals surface area contributed by atoms with Gasteiger partial charge in [-0.1, -0.05) is 6.07 Å². The summed E-state index contributed by atoms with van der Waals surface area (Å²) in [5.74, 6) is -1.50. The normalized spacial score (nSPS) is 10.4. The summed E-state index contributed by atoms with van der Waals surface area (Å²) in [5, 5.41) is 3.06. The molecule has 0 amide bonds. The van der Waals surface area contributed by atoms with E-state index >= 15 is 0 Å². The van der Waals surface area contributed by atoms with E-state index in [1.54, 1.807) is 6.92 Å². The minimum atomic E-state index is -0.833. The zero-order valence-electron chi connectivity index (χ0n) is 9.22. The fraction of sp³-hybridized carbons (Fsp3) is 0.417. The molecule has 0 spiro atoms. The lowest BCUT2D eigenvalue weighted by molar-refractivity contribution is -0.117. The van der Waals surface area contributed by atoms with Gasteiger partial charge in [-0.15, -0.1) is 0 Å². The zero-order chi connectivity index (χ0) is 12.0. The van der Waals surface area contributed by atoms with Crippen LogP contribution in [0.25, 0.3) is 0 Å². The van der Waals surface area contributed by atoms with Gasteiger partial charge in [-0.2, -0.15) is 0 Å². The quantitative estimate of drug-likeness (QED) is 0.756. The van der Waals surface area contributed by atoms with E-state index in [1.165, 1.54) is 12.1 Å². The van der Waals surface area contributed by atoms with E-state index < -0.39 is 11.6 Å². The average molecular weight is 227 g/mol. The summed E-state index contributed by atoms with van der Waals surface area (Å²) in [4.78, 5) is 10.6. The molecule has 2 nitrogen and oxygen atoms in total. The molecule has 1 aromatic rings. The third-order valence-electron chi connectivity index (χ3n) is 2.20. The van der Waals surface area contributed by atoms with Crippen LogP contribution >= 0.6 is 0 Å².